The number of amides is 2. The Morgan fingerprint density at radius 1 is 1.40 bits per heavy atom. The molecule has 0 aromatic heterocycles. The van der Waals surface area contributed by atoms with Gasteiger partial charge < -0.3 is 19.7 Å². The highest BCUT2D eigenvalue weighted by Gasteiger charge is 2.35. The van der Waals surface area contributed by atoms with Gasteiger partial charge in [0.25, 0.3) is 5.69 Å². The number of benzene rings is 1. The van der Waals surface area contributed by atoms with E-state index in [1.54, 1.807) is 13.0 Å². The summed E-state index contributed by atoms with van der Waals surface area (Å²) in [6, 6.07) is 4.53. The molecule has 2 rings (SSSR count). The van der Waals surface area contributed by atoms with Crippen molar-refractivity contribution in [2.75, 3.05) is 27.4 Å². The first kappa shape index (κ1) is 18.4. The summed E-state index contributed by atoms with van der Waals surface area (Å²) in [7, 11) is 3.01. The molecular weight excluding hydrogens is 330 g/mol. The van der Waals surface area contributed by atoms with E-state index in [0.717, 1.165) is 0 Å². The van der Waals surface area contributed by atoms with E-state index in [0.29, 0.717) is 11.3 Å². The van der Waals surface area contributed by atoms with Crippen LogP contribution in [0.1, 0.15) is 18.5 Å². The molecule has 1 aromatic rings. The molecule has 1 aliphatic rings. The number of rotatable bonds is 6. The summed E-state index contributed by atoms with van der Waals surface area (Å²) in [5.41, 5.74) is 0.936. The molecule has 0 spiro atoms. The fourth-order valence-electron chi connectivity index (χ4n) is 2.46. The van der Waals surface area contributed by atoms with E-state index in [1.807, 2.05) is 0 Å². The number of carbonyl (C=O) groups excluding carboxylic acids is 2. The SMILES string of the molecule is COCCOC(=O)C1=C(C)N(C)C(=O)NC1c1cccc([N+](=O)[O-])c1. The van der Waals surface area contributed by atoms with Crippen LogP contribution in [-0.2, 0) is 14.3 Å². The van der Waals surface area contributed by atoms with Gasteiger partial charge in [-0.05, 0) is 12.5 Å². The lowest BCUT2D eigenvalue weighted by Gasteiger charge is -2.33. The van der Waals surface area contributed by atoms with Crippen molar-refractivity contribution >= 4 is 17.7 Å². The molecule has 0 saturated heterocycles. The summed E-state index contributed by atoms with van der Waals surface area (Å²) in [6.45, 7) is 1.92. The van der Waals surface area contributed by atoms with Crippen LogP contribution >= 0.6 is 0 Å². The molecule has 0 radical (unpaired) electrons. The number of ether oxygens (including phenoxy) is 2. The maximum Gasteiger partial charge on any atom is 0.338 e. The van der Waals surface area contributed by atoms with Crippen LogP contribution in [0.3, 0.4) is 0 Å². The molecule has 9 heteroatoms. The molecule has 0 bridgehead atoms. The summed E-state index contributed by atoms with van der Waals surface area (Å²) in [6.07, 6.45) is 0. The molecule has 0 fully saturated rings. The number of nitrogens with one attached hydrogen (secondary N) is 1. The summed E-state index contributed by atoms with van der Waals surface area (Å²) in [5, 5.41) is 13.7. The van der Waals surface area contributed by atoms with Crippen LogP contribution in [0.4, 0.5) is 10.5 Å². The summed E-state index contributed by atoms with van der Waals surface area (Å²) in [4.78, 5) is 36.4. The van der Waals surface area contributed by atoms with Crippen LogP contribution in [0.2, 0.25) is 0 Å². The lowest BCUT2D eigenvalue weighted by molar-refractivity contribution is -0.384. The number of allylic oxidation sites excluding steroid dienone is 1. The van der Waals surface area contributed by atoms with Crippen LogP contribution in [0.5, 0.6) is 0 Å². The maximum absolute atomic E-state index is 12.5. The molecule has 1 N–H and O–H groups in total. The van der Waals surface area contributed by atoms with Gasteiger partial charge in [-0.3, -0.25) is 10.1 Å². The van der Waals surface area contributed by atoms with Gasteiger partial charge in [0.1, 0.15) is 6.61 Å². The summed E-state index contributed by atoms with van der Waals surface area (Å²) in [5.74, 6) is -0.613. The average molecular weight is 349 g/mol. The van der Waals surface area contributed by atoms with E-state index in [1.165, 1.54) is 37.3 Å². The zero-order valence-electron chi connectivity index (χ0n) is 14.1. The normalized spacial score (nSPS) is 17.3. The number of nitro benzene ring substituents is 1. The molecule has 1 unspecified atom stereocenters. The molecule has 0 saturated carbocycles. The number of non-ortho nitro benzene ring substituents is 1. The van der Waals surface area contributed by atoms with E-state index in [9.17, 15) is 19.7 Å². The third-order valence-corrected chi connectivity index (χ3v) is 3.91. The predicted molar refractivity (Wildman–Crippen MR) is 87.7 cm³/mol. The highest BCUT2D eigenvalue weighted by atomic mass is 16.6. The third-order valence-electron chi connectivity index (χ3n) is 3.91. The van der Waals surface area contributed by atoms with Crippen molar-refractivity contribution in [2.24, 2.45) is 0 Å². The molecule has 2 amide bonds. The van der Waals surface area contributed by atoms with Crippen LogP contribution in [-0.4, -0.2) is 49.2 Å². The van der Waals surface area contributed by atoms with Crippen molar-refractivity contribution in [1.29, 1.82) is 0 Å². The first-order valence-electron chi connectivity index (χ1n) is 7.52. The highest BCUT2D eigenvalue weighted by molar-refractivity contribution is 5.95. The Hall–Kier alpha value is -2.94. The molecule has 134 valence electrons. The van der Waals surface area contributed by atoms with Crippen LogP contribution < -0.4 is 5.32 Å². The van der Waals surface area contributed by atoms with Gasteiger partial charge in [0, 0.05) is 32.0 Å². The molecule has 1 aliphatic heterocycles. The Morgan fingerprint density at radius 3 is 2.76 bits per heavy atom. The number of nitro groups is 1. The highest BCUT2D eigenvalue weighted by Crippen LogP contribution is 2.32. The largest absolute Gasteiger partial charge is 0.460 e. The van der Waals surface area contributed by atoms with Gasteiger partial charge in [0.15, 0.2) is 0 Å². The van der Waals surface area contributed by atoms with Crippen LogP contribution in [0.15, 0.2) is 35.5 Å². The lowest BCUT2D eigenvalue weighted by Crippen LogP contribution is -2.46. The Kier molecular flexibility index (Phi) is 5.71. The van der Waals surface area contributed by atoms with Gasteiger partial charge in [-0.15, -0.1) is 0 Å². The monoisotopic (exact) mass is 349 g/mol. The Bertz CT molecular complexity index is 730. The fraction of sp³-hybridized carbons (Fsp3) is 0.375. The molecule has 1 aromatic carbocycles. The van der Waals surface area contributed by atoms with Crippen molar-refractivity contribution in [3.8, 4) is 0 Å². The van der Waals surface area contributed by atoms with Gasteiger partial charge in [-0.1, -0.05) is 12.1 Å². The van der Waals surface area contributed by atoms with E-state index in [4.69, 9.17) is 9.47 Å². The van der Waals surface area contributed by atoms with Gasteiger partial charge >= 0.3 is 12.0 Å². The summed E-state index contributed by atoms with van der Waals surface area (Å²) >= 11 is 0. The van der Waals surface area contributed by atoms with E-state index in [2.05, 4.69) is 5.32 Å². The minimum Gasteiger partial charge on any atom is -0.460 e. The number of nitrogens with zero attached hydrogens (tertiary/aromatic N) is 2. The van der Waals surface area contributed by atoms with Crippen molar-refractivity contribution in [1.82, 2.24) is 10.2 Å². The second-order valence-electron chi connectivity index (χ2n) is 5.42. The first-order valence-corrected chi connectivity index (χ1v) is 7.52. The number of urea groups is 1. The standard InChI is InChI=1S/C16H19N3O6/c1-10-13(15(20)25-8-7-24-3)14(17-16(21)18(10)2)11-5-4-6-12(9-11)19(22)23/h4-6,9,14H,7-8H2,1-3H3,(H,17,21). The smallest absolute Gasteiger partial charge is 0.338 e. The minimum absolute atomic E-state index is 0.0609. The Morgan fingerprint density at radius 2 is 2.12 bits per heavy atom. The number of hydrogen-bond donors (Lipinski definition) is 1. The maximum atomic E-state index is 12.5. The van der Waals surface area contributed by atoms with E-state index >= 15 is 0 Å². The van der Waals surface area contributed by atoms with Crippen molar-refractivity contribution in [3.63, 3.8) is 0 Å². The Labute approximate surface area is 144 Å². The van der Waals surface area contributed by atoms with Crippen LogP contribution in [0.25, 0.3) is 0 Å². The first-order chi connectivity index (χ1) is 11.9. The number of methoxy groups -OCH3 is 1. The lowest BCUT2D eigenvalue weighted by atomic mass is 9.95. The van der Waals surface area contributed by atoms with Gasteiger partial charge in [0.2, 0.25) is 0 Å². The average Bonchev–Trinajstić information content (AvgIpc) is 2.59. The number of esters is 1. The molecule has 1 heterocycles. The number of carbonyl (C=O) groups is 2. The van der Waals surface area contributed by atoms with Gasteiger partial charge in [-0.25, -0.2) is 9.59 Å². The van der Waals surface area contributed by atoms with Crippen LogP contribution in [0, 0.1) is 10.1 Å². The molecule has 25 heavy (non-hydrogen) atoms. The molecule has 0 aliphatic carbocycles. The van der Waals surface area contributed by atoms with Crippen molar-refractivity contribution < 1.29 is 24.0 Å². The van der Waals surface area contributed by atoms with E-state index in [-0.39, 0.29) is 24.5 Å². The molecule has 1 atom stereocenters. The molecule has 9 nitrogen and oxygen atoms in total. The third kappa shape index (κ3) is 3.94. The van der Waals surface area contributed by atoms with Crippen molar-refractivity contribution in [2.45, 2.75) is 13.0 Å². The summed E-state index contributed by atoms with van der Waals surface area (Å²) < 4.78 is 10.0. The second kappa shape index (κ2) is 7.75. The quantitative estimate of drug-likeness (QED) is 0.362. The predicted octanol–water partition coefficient (Wildman–Crippen LogP) is 1.75. The Balaban J connectivity index is 2.42. The second-order valence-corrected chi connectivity index (χ2v) is 5.42. The zero-order chi connectivity index (χ0) is 18.6. The fourth-order valence-corrected chi connectivity index (χ4v) is 2.46. The molecular formula is C16H19N3O6. The van der Waals surface area contributed by atoms with Gasteiger partial charge in [-0.2, -0.15) is 0 Å². The van der Waals surface area contributed by atoms with Crippen molar-refractivity contribution in [3.05, 3.63) is 51.2 Å². The minimum atomic E-state index is -0.835. The van der Waals surface area contributed by atoms with Gasteiger partial charge in [0.05, 0.1) is 23.1 Å². The zero-order valence-corrected chi connectivity index (χ0v) is 14.1. The topological polar surface area (TPSA) is 111 Å². The van der Waals surface area contributed by atoms with E-state index < -0.39 is 23.0 Å². The number of hydrogen-bond acceptors (Lipinski definition) is 6.